The normalized spacial score (nSPS) is 21.9. The summed E-state index contributed by atoms with van der Waals surface area (Å²) in [6.45, 7) is 0.685. The van der Waals surface area contributed by atoms with E-state index < -0.39 is 12.0 Å². The van der Waals surface area contributed by atoms with Crippen molar-refractivity contribution in [3.05, 3.63) is 34.3 Å². The Kier molecular flexibility index (Phi) is 3.07. The van der Waals surface area contributed by atoms with Gasteiger partial charge >= 0.3 is 0 Å². The first-order valence-electron chi connectivity index (χ1n) is 4.98. The van der Waals surface area contributed by atoms with E-state index in [1.165, 1.54) is 6.07 Å². The average molecular weight is 276 g/mol. The van der Waals surface area contributed by atoms with E-state index in [9.17, 15) is 8.78 Å². The maximum atomic E-state index is 14.0. The molecule has 0 bridgehead atoms. The number of hydrogen-bond acceptors (Lipinski definition) is 1. The van der Waals surface area contributed by atoms with Gasteiger partial charge in [-0.1, -0.05) is 34.1 Å². The van der Waals surface area contributed by atoms with E-state index >= 15 is 0 Å². The molecule has 82 valence electrons. The van der Waals surface area contributed by atoms with Gasteiger partial charge in [0.05, 0.1) is 6.04 Å². The van der Waals surface area contributed by atoms with Crippen molar-refractivity contribution in [2.45, 2.75) is 24.8 Å². The van der Waals surface area contributed by atoms with Crippen LogP contribution in [-0.2, 0) is 5.92 Å². The summed E-state index contributed by atoms with van der Waals surface area (Å²) in [5.74, 6) is -2.80. The fourth-order valence-electron chi connectivity index (χ4n) is 1.91. The molecule has 1 aliphatic heterocycles. The maximum absolute atomic E-state index is 14.0. The molecule has 0 radical (unpaired) electrons. The van der Waals surface area contributed by atoms with E-state index in [0.717, 1.165) is 6.42 Å². The van der Waals surface area contributed by atoms with Crippen LogP contribution < -0.4 is 5.32 Å². The standard InChI is InChI=1S/C11H12BrF2N/c12-9-5-2-1-4-8(9)11(13,14)10-6-3-7-15-10/h1-2,4-5,10,15H,3,6-7H2. The minimum absolute atomic E-state index is 0.0735. The predicted octanol–water partition coefficient (Wildman–Crippen LogP) is 3.29. The number of hydrogen-bond donors (Lipinski definition) is 1. The van der Waals surface area contributed by atoms with Crippen LogP contribution in [0, 0.1) is 0 Å². The van der Waals surface area contributed by atoms with E-state index in [4.69, 9.17) is 0 Å². The molecule has 0 spiro atoms. The van der Waals surface area contributed by atoms with Gasteiger partial charge in [0.25, 0.3) is 5.92 Å². The molecule has 0 amide bonds. The second kappa shape index (κ2) is 4.18. The Morgan fingerprint density at radius 1 is 1.33 bits per heavy atom. The second-order valence-corrected chi connectivity index (χ2v) is 4.61. The molecule has 1 heterocycles. The topological polar surface area (TPSA) is 12.0 Å². The molecule has 0 saturated carbocycles. The number of nitrogens with one attached hydrogen (secondary N) is 1. The monoisotopic (exact) mass is 275 g/mol. The molecular formula is C11H12BrF2N. The smallest absolute Gasteiger partial charge is 0.289 e. The van der Waals surface area contributed by atoms with Crippen LogP contribution in [0.25, 0.3) is 0 Å². The van der Waals surface area contributed by atoms with Crippen LogP contribution in [0.4, 0.5) is 8.78 Å². The molecule has 1 unspecified atom stereocenters. The molecule has 1 aromatic carbocycles. The lowest BCUT2D eigenvalue weighted by molar-refractivity contribution is -0.0383. The number of halogens is 3. The first-order valence-corrected chi connectivity index (χ1v) is 5.78. The van der Waals surface area contributed by atoms with Crippen LogP contribution in [0.1, 0.15) is 18.4 Å². The summed E-state index contributed by atoms with van der Waals surface area (Å²) in [5.41, 5.74) is 0.0735. The molecule has 1 fully saturated rings. The number of rotatable bonds is 2. The van der Waals surface area contributed by atoms with Crippen molar-refractivity contribution in [1.82, 2.24) is 5.32 Å². The van der Waals surface area contributed by atoms with Crippen molar-refractivity contribution in [1.29, 1.82) is 0 Å². The summed E-state index contributed by atoms with van der Waals surface area (Å²) >= 11 is 3.17. The Morgan fingerprint density at radius 3 is 2.67 bits per heavy atom. The minimum Gasteiger partial charge on any atom is -0.308 e. The van der Waals surface area contributed by atoms with Gasteiger partial charge < -0.3 is 5.32 Å². The van der Waals surface area contributed by atoms with Gasteiger partial charge in [-0.05, 0) is 25.5 Å². The van der Waals surface area contributed by atoms with Crippen LogP contribution >= 0.6 is 15.9 Å². The Bertz CT molecular complexity index is 348. The molecule has 1 saturated heterocycles. The first kappa shape index (κ1) is 11.0. The summed E-state index contributed by atoms with van der Waals surface area (Å²) in [6.07, 6.45) is 1.36. The van der Waals surface area contributed by atoms with Gasteiger partial charge in [0.2, 0.25) is 0 Å². The van der Waals surface area contributed by atoms with Gasteiger partial charge in [0.15, 0.2) is 0 Å². The lowest BCUT2D eigenvalue weighted by Crippen LogP contribution is -2.38. The van der Waals surface area contributed by atoms with E-state index in [-0.39, 0.29) is 5.56 Å². The zero-order valence-corrected chi connectivity index (χ0v) is 9.73. The second-order valence-electron chi connectivity index (χ2n) is 3.75. The summed E-state index contributed by atoms with van der Waals surface area (Å²) in [7, 11) is 0. The van der Waals surface area contributed by atoms with Crippen molar-refractivity contribution < 1.29 is 8.78 Å². The molecule has 1 nitrogen and oxygen atoms in total. The Hall–Kier alpha value is -0.480. The predicted molar refractivity (Wildman–Crippen MR) is 59.1 cm³/mol. The molecule has 0 aromatic heterocycles. The third-order valence-corrected chi connectivity index (χ3v) is 3.42. The van der Waals surface area contributed by atoms with Gasteiger partial charge in [-0.2, -0.15) is 8.78 Å². The van der Waals surface area contributed by atoms with Crippen LogP contribution in [-0.4, -0.2) is 12.6 Å². The molecule has 1 N–H and O–H groups in total. The summed E-state index contributed by atoms with van der Waals surface area (Å²) in [6, 6.07) is 5.79. The van der Waals surface area contributed by atoms with Gasteiger partial charge in [0.1, 0.15) is 0 Å². The van der Waals surface area contributed by atoms with Gasteiger partial charge in [-0.3, -0.25) is 0 Å². The Morgan fingerprint density at radius 2 is 2.07 bits per heavy atom. The van der Waals surface area contributed by atoms with Crippen LogP contribution in [0.15, 0.2) is 28.7 Å². The van der Waals surface area contributed by atoms with E-state index in [0.29, 0.717) is 17.4 Å². The van der Waals surface area contributed by atoms with Gasteiger partial charge in [-0.15, -0.1) is 0 Å². The lowest BCUT2D eigenvalue weighted by atomic mass is 10.00. The van der Waals surface area contributed by atoms with E-state index in [1.54, 1.807) is 18.2 Å². The van der Waals surface area contributed by atoms with Crippen molar-refractivity contribution in [2.24, 2.45) is 0 Å². The van der Waals surface area contributed by atoms with Crippen LogP contribution in [0.5, 0.6) is 0 Å². The third-order valence-electron chi connectivity index (χ3n) is 2.73. The molecule has 1 atom stereocenters. The minimum atomic E-state index is -2.80. The highest BCUT2D eigenvalue weighted by molar-refractivity contribution is 9.10. The SMILES string of the molecule is FC(F)(c1ccccc1Br)C1CCCN1. The van der Waals surface area contributed by atoms with Crippen LogP contribution in [0.3, 0.4) is 0 Å². The van der Waals surface area contributed by atoms with Crippen LogP contribution in [0.2, 0.25) is 0 Å². The average Bonchev–Trinajstić information content (AvgIpc) is 2.71. The van der Waals surface area contributed by atoms with Crippen molar-refractivity contribution in [2.75, 3.05) is 6.54 Å². The van der Waals surface area contributed by atoms with E-state index in [1.807, 2.05) is 0 Å². The molecule has 4 heteroatoms. The first-order chi connectivity index (χ1) is 7.12. The third kappa shape index (κ3) is 2.06. The quantitative estimate of drug-likeness (QED) is 0.874. The molecule has 1 aromatic rings. The zero-order valence-electron chi connectivity index (χ0n) is 8.14. The lowest BCUT2D eigenvalue weighted by Gasteiger charge is -2.24. The van der Waals surface area contributed by atoms with Crippen molar-refractivity contribution >= 4 is 15.9 Å². The highest BCUT2D eigenvalue weighted by Crippen LogP contribution is 2.38. The number of benzene rings is 1. The fourth-order valence-corrected chi connectivity index (χ4v) is 2.46. The van der Waals surface area contributed by atoms with Gasteiger partial charge in [-0.25, -0.2) is 0 Å². The molecule has 0 aliphatic carbocycles. The van der Waals surface area contributed by atoms with E-state index in [2.05, 4.69) is 21.2 Å². The van der Waals surface area contributed by atoms with Crippen molar-refractivity contribution in [3.8, 4) is 0 Å². The Balaban J connectivity index is 2.31. The van der Waals surface area contributed by atoms with Gasteiger partial charge in [0, 0.05) is 10.0 Å². The Labute approximate surface area is 96.0 Å². The fraction of sp³-hybridized carbons (Fsp3) is 0.455. The molecule has 15 heavy (non-hydrogen) atoms. The maximum Gasteiger partial charge on any atom is 0.289 e. The summed E-state index contributed by atoms with van der Waals surface area (Å²) in [4.78, 5) is 0. The molecule has 2 rings (SSSR count). The highest BCUT2D eigenvalue weighted by Gasteiger charge is 2.43. The highest BCUT2D eigenvalue weighted by atomic mass is 79.9. The summed E-state index contributed by atoms with van der Waals surface area (Å²) in [5, 5.41) is 2.85. The van der Waals surface area contributed by atoms with Crippen molar-refractivity contribution in [3.63, 3.8) is 0 Å². The number of alkyl halides is 2. The largest absolute Gasteiger partial charge is 0.308 e. The molecule has 1 aliphatic rings. The zero-order chi connectivity index (χ0) is 10.9. The summed E-state index contributed by atoms with van der Waals surface area (Å²) < 4.78 is 28.5. The molecular weight excluding hydrogens is 264 g/mol.